The fraction of sp³-hybridized carbons (Fsp3) is 0.200. The molecule has 0 N–H and O–H groups in total. The zero-order chi connectivity index (χ0) is 16.4. The van der Waals surface area contributed by atoms with E-state index in [1.54, 1.807) is 30.3 Å². The monoisotopic (exact) mass is 354 g/mol. The number of furan rings is 1. The number of ether oxygens (including phenoxy) is 2. The van der Waals surface area contributed by atoms with Crippen LogP contribution in [-0.4, -0.2) is 23.4 Å². The minimum absolute atomic E-state index is 0.0162. The molecule has 0 bridgehead atoms. The van der Waals surface area contributed by atoms with Crippen molar-refractivity contribution >= 4 is 35.0 Å². The number of carbonyl (C=O) groups is 1. The minimum Gasteiger partial charge on any atom is -0.482 e. The third-order valence-electron chi connectivity index (χ3n) is 3.04. The molecule has 0 fully saturated rings. The second-order valence-corrected chi connectivity index (χ2v) is 5.55. The Bertz CT molecular complexity index is 746. The van der Waals surface area contributed by atoms with Crippen molar-refractivity contribution < 1.29 is 18.7 Å². The second-order valence-electron chi connectivity index (χ2n) is 4.71. The van der Waals surface area contributed by atoms with E-state index in [2.05, 4.69) is 5.10 Å². The smallest absolute Gasteiger partial charge is 0.254 e. The Morgan fingerprint density at radius 3 is 2.87 bits per heavy atom. The molecule has 8 heteroatoms. The highest BCUT2D eigenvalue weighted by atomic mass is 35.5. The van der Waals surface area contributed by atoms with Gasteiger partial charge in [-0.15, -0.1) is 5.10 Å². The van der Waals surface area contributed by atoms with Gasteiger partial charge in [0.2, 0.25) is 11.8 Å². The van der Waals surface area contributed by atoms with Crippen molar-refractivity contribution in [2.75, 3.05) is 6.61 Å². The Balaban J connectivity index is 1.71. The highest BCUT2D eigenvalue weighted by Gasteiger charge is 2.34. The lowest BCUT2D eigenvalue weighted by Gasteiger charge is -2.16. The van der Waals surface area contributed by atoms with Crippen molar-refractivity contribution in [1.82, 2.24) is 5.01 Å². The molecule has 1 aromatic heterocycles. The van der Waals surface area contributed by atoms with Crippen molar-refractivity contribution in [1.29, 1.82) is 0 Å². The molecule has 23 heavy (non-hydrogen) atoms. The Kier molecular flexibility index (Phi) is 4.45. The summed E-state index contributed by atoms with van der Waals surface area (Å²) in [5.74, 6) is 0.889. The normalized spacial score (nSPS) is 16.9. The summed E-state index contributed by atoms with van der Waals surface area (Å²) in [5, 5.41) is 6.20. The molecule has 120 valence electrons. The van der Waals surface area contributed by atoms with Crippen LogP contribution < -0.4 is 4.74 Å². The van der Waals surface area contributed by atoms with E-state index in [1.807, 2.05) is 0 Å². The SMILES string of the molecule is CC(=O)N1N=C(COc2ccc(Cl)cc2Cl)OC1c1ccco1. The lowest BCUT2D eigenvalue weighted by Crippen LogP contribution is -2.24. The molecule has 2 heterocycles. The molecule has 0 saturated carbocycles. The van der Waals surface area contributed by atoms with Gasteiger partial charge in [-0.2, -0.15) is 5.01 Å². The van der Waals surface area contributed by atoms with E-state index < -0.39 is 6.23 Å². The third-order valence-corrected chi connectivity index (χ3v) is 3.57. The van der Waals surface area contributed by atoms with Gasteiger partial charge >= 0.3 is 0 Å². The van der Waals surface area contributed by atoms with Crippen molar-refractivity contribution in [3.63, 3.8) is 0 Å². The quantitative estimate of drug-likeness (QED) is 0.836. The maximum atomic E-state index is 11.7. The van der Waals surface area contributed by atoms with Gasteiger partial charge < -0.3 is 13.9 Å². The van der Waals surface area contributed by atoms with E-state index >= 15 is 0 Å². The molecule has 3 rings (SSSR count). The fourth-order valence-electron chi connectivity index (χ4n) is 2.02. The van der Waals surface area contributed by atoms with Crippen LogP contribution in [0.2, 0.25) is 10.0 Å². The molecule has 0 spiro atoms. The van der Waals surface area contributed by atoms with Gasteiger partial charge in [-0.25, -0.2) is 0 Å². The molecule has 0 radical (unpaired) electrons. The summed E-state index contributed by atoms with van der Waals surface area (Å²) in [7, 11) is 0. The summed E-state index contributed by atoms with van der Waals surface area (Å²) in [6.07, 6.45) is 0.765. The number of amides is 1. The zero-order valence-electron chi connectivity index (χ0n) is 12.0. The van der Waals surface area contributed by atoms with E-state index in [9.17, 15) is 4.79 Å². The van der Waals surface area contributed by atoms with Gasteiger partial charge in [0.1, 0.15) is 5.75 Å². The lowest BCUT2D eigenvalue weighted by atomic mass is 10.3. The number of carbonyl (C=O) groups excluding carboxylic acids is 1. The molecular weight excluding hydrogens is 343 g/mol. The fourth-order valence-corrected chi connectivity index (χ4v) is 2.48. The van der Waals surface area contributed by atoms with E-state index in [0.29, 0.717) is 21.6 Å². The number of hydrazone groups is 1. The molecule has 1 aliphatic heterocycles. The van der Waals surface area contributed by atoms with Gasteiger partial charge in [-0.05, 0) is 30.3 Å². The number of nitrogens with zero attached hydrogens (tertiary/aromatic N) is 2. The lowest BCUT2D eigenvalue weighted by molar-refractivity contribution is -0.136. The molecule has 0 saturated heterocycles. The predicted molar refractivity (Wildman–Crippen MR) is 84.4 cm³/mol. The highest BCUT2D eigenvalue weighted by Crippen LogP contribution is 2.30. The standard InChI is InChI=1S/C15H12Cl2N2O4/c1-9(20)19-15(13-3-2-6-21-13)23-14(18-19)8-22-12-5-4-10(16)7-11(12)17/h2-7,15H,8H2,1H3. The average Bonchev–Trinajstić information content (AvgIpc) is 3.15. The van der Waals surface area contributed by atoms with Crippen LogP contribution in [0.25, 0.3) is 0 Å². The largest absolute Gasteiger partial charge is 0.482 e. The second kappa shape index (κ2) is 6.52. The van der Waals surface area contributed by atoms with Gasteiger partial charge in [-0.3, -0.25) is 4.79 Å². The van der Waals surface area contributed by atoms with Gasteiger partial charge in [0.25, 0.3) is 6.23 Å². The van der Waals surface area contributed by atoms with Gasteiger partial charge in [-0.1, -0.05) is 23.2 Å². The Hall–Kier alpha value is -2.18. The minimum atomic E-state index is -0.734. The van der Waals surface area contributed by atoms with Gasteiger partial charge in [0.15, 0.2) is 12.4 Å². The van der Waals surface area contributed by atoms with Crippen molar-refractivity contribution in [2.24, 2.45) is 5.10 Å². The first-order valence-electron chi connectivity index (χ1n) is 6.70. The van der Waals surface area contributed by atoms with Crippen LogP contribution in [0.3, 0.4) is 0 Å². The van der Waals surface area contributed by atoms with Crippen LogP contribution in [0.15, 0.2) is 46.1 Å². The van der Waals surface area contributed by atoms with Crippen LogP contribution in [-0.2, 0) is 9.53 Å². The van der Waals surface area contributed by atoms with Gasteiger partial charge in [0.05, 0.1) is 11.3 Å². The Morgan fingerprint density at radius 1 is 1.39 bits per heavy atom. The summed E-state index contributed by atoms with van der Waals surface area (Å²) in [6.45, 7) is 1.41. The molecule has 2 aromatic rings. The van der Waals surface area contributed by atoms with Crippen LogP contribution in [0.4, 0.5) is 0 Å². The summed E-state index contributed by atoms with van der Waals surface area (Å²) in [4.78, 5) is 11.7. The number of rotatable bonds is 4. The number of benzene rings is 1. The molecule has 1 amide bonds. The van der Waals surface area contributed by atoms with Gasteiger partial charge in [0, 0.05) is 11.9 Å². The third kappa shape index (κ3) is 3.43. The maximum absolute atomic E-state index is 11.7. The Morgan fingerprint density at radius 2 is 2.22 bits per heavy atom. The van der Waals surface area contributed by atoms with E-state index in [1.165, 1.54) is 18.2 Å². The molecular formula is C15H12Cl2N2O4. The molecule has 1 aromatic carbocycles. The maximum Gasteiger partial charge on any atom is 0.254 e. The average molecular weight is 355 g/mol. The Labute approximate surface area is 142 Å². The first-order valence-corrected chi connectivity index (χ1v) is 7.45. The predicted octanol–water partition coefficient (Wildman–Crippen LogP) is 3.86. The molecule has 6 nitrogen and oxygen atoms in total. The van der Waals surface area contributed by atoms with E-state index in [0.717, 1.165) is 0 Å². The molecule has 0 aliphatic carbocycles. The summed E-state index contributed by atoms with van der Waals surface area (Å²) >= 11 is 11.9. The highest BCUT2D eigenvalue weighted by molar-refractivity contribution is 6.35. The summed E-state index contributed by atoms with van der Waals surface area (Å²) < 4.78 is 16.5. The van der Waals surface area contributed by atoms with Crippen LogP contribution in [0.5, 0.6) is 5.75 Å². The van der Waals surface area contributed by atoms with Crippen molar-refractivity contribution in [3.05, 3.63) is 52.4 Å². The van der Waals surface area contributed by atoms with E-state index in [-0.39, 0.29) is 18.4 Å². The number of halogens is 2. The van der Waals surface area contributed by atoms with Crippen LogP contribution in [0.1, 0.15) is 18.9 Å². The summed E-state index contributed by atoms with van der Waals surface area (Å²) in [6, 6.07) is 8.29. The zero-order valence-corrected chi connectivity index (χ0v) is 13.5. The summed E-state index contributed by atoms with van der Waals surface area (Å²) in [5.41, 5.74) is 0. The molecule has 1 atom stereocenters. The van der Waals surface area contributed by atoms with Crippen LogP contribution >= 0.6 is 23.2 Å². The van der Waals surface area contributed by atoms with Crippen LogP contribution in [0, 0.1) is 0 Å². The molecule has 1 aliphatic rings. The first-order chi connectivity index (χ1) is 11.0. The van der Waals surface area contributed by atoms with Crippen molar-refractivity contribution in [3.8, 4) is 5.75 Å². The first kappa shape index (κ1) is 15.7. The van der Waals surface area contributed by atoms with Crippen molar-refractivity contribution in [2.45, 2.75) is 13.2 Å². The molecule has 1 unspecified atom stereocenters. The van der Waals surface area contributed by atoms with E-state index in [4.69, 9.17) is 37.1 Å². The topological polar surface area (TPSA) is 64.3 Å². The number of hydrogen-bond donors (Lipinski definition) is 0. The number of hydrogen-bond acceptors (Lipinski definition) is 5.